The number of aryl methyl sites for hydroxylation is 1. The van der Waals surface area contributed by atoms with E-state index in [-0.39, 0.29) is 17.8 Å². The van der Waals surface area contributed by atoms with Crippen LogP contribution in [0.25, 0.3) is 22.3 Å². The first-order valence-corrected chi connectivity index (χ1v) is 10.1. The zero-order valence-corrected chi connectivity index (χ0v) is 18.2. The maximum Gasteiger partial charge on any atom is 0.235 e. The molecule has 5 nitrogen and oxygen atoms in total. The van der Waals surface area contributed by atoms with Crippen molar-refractivity contribution in [1.82, 2.24) is 0 Å². The Bertz CT molecular complexity index is 1310. The van der Waals surface area contributed by atoms with Crippen molar-refractivity contribution in [1.29, 1.82) is 0 Å². The maximum atomic E-state index is 13.3. The number of halogens is 1. The number of methoxy groups -OCH3 is 2. The molecule has 0 amide bonds. The van der Waals surface area contributed by atoms with E-state index in [0.29, 0.717) is 38.8 Å². The molecule has 0 fully saturated rings. The summed E-state index contributed by atoms with van der Waals surface area (Å²) in [5.41, 5.74) is 2.62. The van der Waals surface area contributed by atoms with Gasteiger partial charge in [0.05, 0.1) is 19.6 Å². The molecule has 4 aromatic rings. The summed E-state index contributed by atoms with van der Waals surface area (Å²) in [5, 5.41) is 1.01. The minimum Gasteiger partial charge on any atom is -0.493 e. The number of ether oxygens (including phenoxy) is 3. The highest BCUT2D eigenvalue weighted by atomic mass is 35.5. The van der Waals surface area contributed by atoms with Crippen LogP contribution in [-0.4, -0.2) is 14.2 Å². The zero-order chi connectivity index (χ0) is 22.0. The summed E-state index contributed by atoms with van der Waals surface area (Å²) >= 11 is 6.26. The number of benzene rings is 3. The molecule has 0 atom stereocenters. The van der Waals surface area contributed by atoms with Crippen LogP contribution in [0.1, 0.15) is 11.1 Å². The van der Waals surface area contributed by atoms with Gasteiger partial charge in [0.15, 0.2) is 17.3 Å². The molecule has 0 saturated heterocycles. The van der Waals surface area contributed by atoms with Crippen LogP contribution in [0.15, 0.2) is 69.9 Å². The van der Waals surface area contributed by atoms with Gasteiger partial charge in [-0.05, 0) is 48.9 Å². The van der Waals surface area contributed by atoms with Crippen molar-refractivity contribution >= 4 is 22.6 Å². The quantitative estimate of drug-likeness (QED) is 0.370. The number of fused-ring (bicyclic) bond motifs is 1. The Kier molecular flexibility index (Phi) is 5.87. The second kappa shape index (κ2) is 8.74. The molecular weight excluding hydrogens is 416 g/mol. The van der Waals surface area contributed by atoms with Crippen LogP contribution in [-0.2, 0) is 6.61 Å². The fourth-order valence-electron chi connectivity index (χ4n) is 3.35. The van der Waals surface area contributed by atoms with Crippen LogP contribution in [0.3, 0.4) is 0 Å². The first-order valence-electron chi connectivity index (χ1n) is 9.68. The van der Waals surface area contributed by atoms with E-state index >= 15 is 0 Å². The average Bonchev–Trinajstić information content (AvgIpc) is 2.78. The molecule has 0 unspecified atom stereocenters. The molecule has 1 heterocycles. The maximum absolute atomic E-state index is 13.3. The summed E-state index contributed by atoms with van der Waals surface area (Å²) in [4.78, 5) is 13.3. The average molecular weight is 437 g/mol. The van der Waals surface area contributed by atoms with Gasteiger partial charge in [-0.15, -0.1) is 0 Å². The largest absolute Gasteiger partial charge is 0.493 e. The third kappa shape index (κ3) is 4.09. The van der Waals surface area contributed by atoms with E-state index in [0.717, 1.165) is 11.1 Å². The van der Waals surface area contributed by atoms with E-state index in [1.807, 2.05) is 37.3 Å². The van der Waals surface area contributed by atoms with Gasteiger partial charge in [-0.1, -0.05) is 35.9 Å². The van der Waals surface area contributed by atoms with E-state index in [2.05, 4.69) is 0 Å². The Labute approximate surface area is 184 Å². The van der Waals surface area contributed by atoms with Crippen LogP contribution < -0.4 is 19.6 Å². The minimum atomic E-state index is -0.252. The van der Waals surface area contributed by atoms with Crippen molar-refractivity contribution in [2.45, 2.75) is 13.5 Å². The second-order valence-corrected chi connectivity index (χ2v) is 7.45. The van der Waals surface area contributed by atoms with Gasteiger partial charge in [0.1, 0.15) is 12.2 Å². The fourth-order valence-corrected chi connectivity index (χ4v) is 3.54. The topological polar surface area (TPSA) is 57.9 Å². The molecule has 0 aliphatic carbocycles. The summed E-state index contributed by atoms with van der Waals surface area (Å²) in [6, 6.07) is 18.1. The van der Waals surface area contributed by atoms with Gasteiger partial charge >= 0.3 is 0 Å². The van der Waals surface area contributed by atoms with E-state index in [9.17, 15) is 4.79 Å². The van der Waals surface area contributed by atoms with Crippen molar-refractivity contribution in [2.24, 2.45) is 0 Å². The molecular formula is C25H21ClO5. The number of rotatable bonds is 6. The second-order valence-electron chi connectivity index (χ2n) is 7.04. The Morgan fingerprint density at radius 3 is 2.45 bits per heavy atom. The van der Waals surface area contributed by atoms with Crippen molar-refractivity contribution in [3.63, 3.8) is 0 Å². The number of hydrogen-bond acceptors (Lipinski definition) is 5. The predicted molar refractivity (Wildman–Crippen MR) is 122 cm³/mol. The molecule has 0 aliphatic rings. The third-order valence-electron chi connectivity index (χ3n) is 4.98. The van der Waals surface area contributed by atoms with Gasteiger partial charge in [0.25, 0.3) is 0 Å². The van der Waals surface area contributed by atoms with Crippen LogP contribution >= 0.6 is 11.6 Å². The smallest absolute Gasteiger partial charge is 0.235 e. The van der Waals surface area contributed by atoms with Gasteiger partial charge < -0.3 is 18.6 Å². The molecule has 4 rings (SSSR count). The summed E-state index contributed by atoms with van der Waals surface area (Å²) in [6.45, 7) is 2.07. The fraction of sp³-hybridized carbons (Fsp3) is 0.160. The summed E-state index contributed by atoms with van der Waals surface area (Å²) in [6.07, 6.45) is 0. The lowest BCUT2D eigenvalue weighted by Gasteiger charge is -2.14. The van der Waals surface area contributed by atoms with E-state index < -0.39 is 0 Å². The Hall–Kier alpha value is -3.44. The van der Waals surface area contributed by atoms with Crippen molar-refractivity contribution in [3.05, 3.63) is 87.0 Å². The highest BCUT2D eigenvalue weighted by Gasteiger charge is 2.20. The van der Waals surface area contributed by atoms with Crippen LogP contribution in [0.5, 0.6) is 17.2 Å². The molecule has 31 heavy (non-hydrogen) atoms. The highest BCUT2D eigenvalue weighted by molar-refractivity contribution is 6.31. The number of hydrogen-bond donors (Lipinski definition) is 0. The standard InChI is InChI=1S/C25H21ClO5/c1-15-8-10-18-21(12-15)31-24(16-9-11-20(28-2)22(13-16)29-3)25(23(18)27)30-14-17-6-4-5-7-19(17)26/h4-13H,14H2,1-3H3. The molecule has 6 heteroatoms. The summed E-state index contributed by atoms with van der Waals surface area (Å²) in [7, 11) is 3.12. The van der Waals surface area contributed by atoms with Crippen molar-refractivity contribution in [3.8, 4) is 28.6 Å². The summed E-state index contributed by atoms with van der Waals surface area (Å²) < 4.78 is 22.9. The molecule has 0 saturated carbocycles. The van der Waals surface area contributed by atoms with E-state index in [1.165, 1.54) is 0 Å². The zero-order valence-electron chi connectivity index (χ0n) is 17.4. The van der Waals surface area contributed by atoms with Gasteiger partial charge in [-0.2, -0.15) is 0 Å². The highest BCUT2D eigenvalue weighted by Crippen LogP contribution is 2.37. The first-order chi connectivity index (χ1) is 15.0. The van der Waals surface area contributed by atoms with Crippen molar-refractivity contribution < 1.29 is 18.6 Å². The van der Waals surface area contributed by atoms with Gasteiger partial charge in [0.2, 0.25) is 11.2 Å². The lowest BCUT2D eigenvalue weighted by atomic mass is 10.1. The van der Waals surface area contributed by atoms with Gasteiger partial charge in [-0.25, -0.2) is 0 Å². The molecule has 0 N–H and O–H groups in total. The molecule has 158 valence electrons. The van der Waals surface area contributed by atoms with Crippen LogP contribution in [0.4, 0.5) is 0 Å². The monoisotopic (exact) mass is 436 g/mol. The van der Waals surface area contributed by atoms with Crippen LogP contribution in [0.2, 0.25) is 5.02 Å². The third-order valence-corrected chi connectivity index (χ3v) is 5.35. The van der Waals surface area contributed by atoms with Gasteiger partial charge in [0, 0.05) is 16.1 Å². The van der Waals surface area contributed by atoms with Gasteiger partial charge in [-0.3, -0.25) is 4.79 Å². The van der Waals surface area contributed by atoms with E-state index in [1.54, 1.807) is 44.6 Å². The lowest BCUT2D eigenvalue weighted by Crippen LogP contribution is -2.10. The Balaban J connectivity index is 1.89. The normalized spacial score (nSPS) is 10.8. The van der Waals surface area contributed by atoms with E-state index in [4.69, 9.17) is 30.2 Å². The Morgan fingerprint density at radius 2 is 1.71 bits per heavy atom. The molecule has 0 bridgehead atoms. The minimum absolute atomic E-state index is 0.114. The van der Waals surface area contributed by atoms with Crippen molar-refractivity contribution in [2.75, 3.05) is 14.2 Å². The SMILES string of the molecule is COc1ccc(-c2oc3cc(C)ccc3c(=O)c2OCc2ccccc2Cl)cc1OC. The lowest BCUT2D eigenvalue weighted by molar-refractivity contribution is 0.298. The molecule has 3 aromatic carbocycles. The molecule has 1 aromatic heterocycles. The van der Waals surface area contributed by atoms with Crippen LogP contribution in [0, 0.1) is 6.92 Å². The predicted octanol–water partition coefficient (Wildman–Crippen LogP) is 6.02. The molecule has 0 aliphatic heterocycles. The summed E-state index contributed by atoms with van der Waals surface area (Å²) in [5.74, 6) is 1.52. The Morgan fingerprint density at radius 1 is 0.935 bits per heavy atom. The molecule has 0 spiro atoms. The first kappa shape index (κ1) is 20.8. The molecule has 0 radical (unpaired) electrons.